The second-order valence-electron chi connectivity index (χ2n) is 4.92. The molecule has 0 aliphatic carbocycles. The second kappa shape index (κ2) is 3.69. The average molecular weight is 261 g/mol. The van der Waals surface area contributed by atoms with Gasteiger partial charge in [0.2, 0.25) is 5.91 Å². The van der Waals surface area contributed by atoms with E-state index < -0.39 is 27.1 Å². The van der Waals surface area contributed by atoms with Crippen LogP contribution in [0.3, 0.4) is 0 Å². The highest BCUT2D eigenvalue weighted by Crippen LogP contribution is 2.43. The highest BCUT2D eigenvalue weighted by Gasteiger charge is 2.56. The number of fused-ring (bicyclic) bond motifs is 1. The van der Waals surface area contributed by atoms with Crippen LogP contribution in [-0.4, -0.2) is 54.9 Å². The summed E-state index contributed by atoms with van der Waals surface area (Å²) in [4.78, 5) is 24.1. The summed E-state index contributed by atoms with van der Waals surface area (Å²) in [6.45, 7) is 1.75. The van der Waals surface area contributed by atoms with Gasteiger partial charge in [0.15, 0.2) is 9.84 Å². The predicted octanol–water partition coefficient (Wildman–Crippen LogP) is -0.646. The number of aliphatic carboxylic acids is 1. The van der Waals surface area contributed by atoms with E-state index in [-0.39, 0.29) is 36.9 Å². The summed E-state index contributed by atoms with van der Waals surface area (Å²) in [7, 11) is -3.16. The summed E-state index contributed by atoms with van der Waals surface area (Å²) in [5.74, 6) is -1.87. The maximum Gasteiger partial charge on any atom is 0.311 e. The molecule has 17 heavy (non-hydrogen) atoms. The lowest BCUT2D eigenvalue weighted by Crippen LogP contribution is -2.47. The molecule has 2 aliphatic heterocycles. The Balaban J connectivity index is 2.34. The topological polar surface area (TPSA) is 91.8 Å². The molecule has 0 unspecified atom stereocenters. The third kappa shape index (κ3) is 1.92. The first-order chi connectivity index (χ1) is 7.77. The van der Waals surface area contributed by atoms with Crippen molar-refractivity contribution in [1.82, 2.24) is 4.90 Å². The van der Waals surface area contributed by atoms with Gasteiger partial charge in [-0.05, 0) is 6.42 Å². The Morgan fingerprint density at radius 1 is 1.41 bits per heavy atom. The Bertz CT molecular complexity index is 471. The molecule has 2 atom stereocenters. The van der Waals surface area contributed by atoms with E-state index in [0.717, 1.165) is 0 Å². The maximum absolute atomic E-state index is 11.5. The van der Waals surface area contributed by atoms with Crippen molar-refractivity contribution in [2.24, 2.45) is 11.3 Å². The van der Waals surface area contributed by atoms with Crippen LogP contribution in [0.15, 0.2) is 0 Å². The van der Waals surface area contributed by atoms with E-state index in [2.05, 4.69) is 0 Å². The fraction of sp³-hybridized carbons (Fsp3) is 0.800. The maximum atomic E-state index is 11.5. The Hall–Kier alpha value is -1.11. The number of carboxylic acid groups (broad SMARTS) is 1. The molecule has 1 amide bonds. The van der Waals surface area contributed by atoms with Crippen molar-refractivity contribution in [2.45, 2.75) is 13.3 Å². The molecule has 0 aromatic heterocycles. The minimum atomic E-state index is -3.16. The van der Waals surface area contributed by atoms with Gasteiger partial charge in [-0.3, -0.25) is 9.59 Å². The van der Waals surface area contributed by atoms with E-state index >= 15 is 0 Å². The molecule has 2 fully saturated rings. The number of amides is 1. The summed E-state index contributed by atoms with van der Waals surface area (Å²) in [5, 5.41) is 9.34. The SMILES string of the molecule is CC(=O)N1C[C@@H]2CS(=O)(=O)CC[C@]2(C(=O)O)C1. The summed E-state index contributed by atoms with van der Waals surface area (Å²) >= 11 is 0. The average Bonchev–Trinajstić information content (AvgIpc) is 2.56. The largest absolute Gasteiger partial charge is 0.481 e. The Labute approximate surface area is 99.5 Å². The highest BCUT2D eigenvalue weighted by atomic mass is 32.2. The van der Waals surface area contributed by atoms with Crippen molar-refractivity contribution in [3.8, 4) is 0 Å². The molecule has 0 bridgehead atoms. The number of carbonyl (C=O) groups is 2. The molecular formula is C10H15NO5S. The number of rotatable bonds is 1. The molecule has 7 heteroatoms. The molecule has 2 aliphatic rings. The highest BCUT2D eigenvalue weighted by molar-refractivity contribution is 7.91. The summed E-state index contributed by atoms with van der Waals surface area (Å²) in [5.41, 5.74) is -1.06. The van der Waals surface area contributed by atoms with E-state index in [4.69, 9.17) is 0 Å². The van der Waals surface area contributed by atoms with E-state index in [1.165, 1.54) is 11.8 Å². The van der Waals surface area contributed by atoms with Crippen LogP contribution in [0.25, 0.3) is 0 Å². The summed E-state index contributed by atoms with van der Waals surface area (Å²) in [6.07, 6.45) is 0.110. The Morgan fingerprint density at radius 3 is 2.59 bits per heavy atom. The first-order valence-electron chi connectivity index (χ1n) is 5.46. The van der Waals surface area contributed by atoms with Crippen LogP contribution in [0.2, 0.25) is 0 Å². The number of likely N-dealkylation sites (tertiary alicyclic amines) is 1. The van der Waals surface area contributed by atoms with Crippen LogP contribution in [0.1, 0.15) is 13.3 Å². The lowest BCUT2D eigenvalue weighted by molar-refractivity contribution is -0.150. The lowest BCUT2D eigenvalue weighted by Gasteiger charge is -2.33. The number of sulfone groups is 1. The second-order valence-corrected chi connectivity index (χ2v) is 7.15. The molecule has 2 heterocycles. The molecule has 96 valence electrons. The zero-order valence-electron chi connectivity index (χ0n) is 9.55. The van der Waals surface area contributed by atoms with Gasteiger partial charge < -0.3 is 10.0 Å². The van der Waals surface area contributed by atoms with Crippen LogP contribution in [0, 0.1) is 11.3 Å². The van der Waals surface area contributed by atoms with Gasteiger partial charge in [0, 0.05) is 25.9 Å². The molecular weight excluding hydrogens is 246 g/mol. The zero-order valence-corrected chi connectivity index (χ0v) is 10.4. The number of nitrogens with zero attached hydrogens (tertiary/aromatic N) is 1. The van der Waals surface area contributed by atoms with Crippen LogP contribution >= 0.6 is 0 Å². The van der Waals surface area contributed by atoms with E-state index in [9.17, 15) is 23.1 Å². The molecule has 0 radical (unpaired) electrons. The van der Waals surface area contributed by atoms with Crippen LogP contribution in [-0.2, 0) is 19.4 Å². The van der Waals surface area contributed by atoms with Gasteiger partial charge in [-0.25, -0.2) is 8.42 Å². The fourth-order valence-corrected chi connectivity index (χ4v) is 4.67. The molecule has 6 nitrogen and oxygen atoms in total. The standard InChI is InChI=1S/C10H15NO5S/c1-7(12)11-4-8-5-17(15,16)3-2-10(8,6-11)9(13)14/h8H,2-6H2,1H3,(H,13,14)/t8-,10+/m1/s1. The first kappa shape index (κ1) is 12.3. The molecule has 2 rings (SSSR count). The van der Waals surface area contributed by atoms with Crippen LogP contribution < -0.4 is 0 Å². The van der Waals surface area contributed by atoms with Crippen molar-refractivity contribution < 1.29 is 23.1 Å². The number of hydrogen-bond donors (Lipinski definition) is 1. The third-order valence-corrected chi connectivity index (χ3v) is 5.62. The predicted molar refractivity (Wildman–Crippen MR) is 59.1 cm³/mol. The van der Waals surface area contributed by atoms with Gasteiger partial charge in [0.25, 0.3) is 0 Å². The normalized spacial score (nSPS) is 35.4. The number of carbonyl (C=O) groups excluding carboxylic acids is 1. The molecule has 0 saturated carbocycles. The minimum Gasteiger partial charge on any atom is -0.481 e. The Kier molecular flexibility index (Phi) is 2.68. The summed E-state index contributed by atoms with van der Waals surface area (Å²) < 4.78 is 23.1. The molecule has 0 spiro atoms. The van der Waals surface area contributed by atoms with Gasteiger partial charge in [-0.1, -0.05) is 0 Å². The number of hydrogen-bond acceptors (Lipinski definition) is 4. The molecule has 2 saturated heterocycles. The van der Waals surface area contributed by atoms with Crippen molar-refractivity contribution in [3.63, 3.8) is 0 Å². The monoisotopic (exact) mass is 261 g/mol. The van der Waals surface area contributed by atoms with E-state index in [1.54, 1.807) is 0 Å². The third-order valence-electron chi connectivity index (χ3n) is 3.88. The van der Waals surface area contributed by atoms with Crippen molar-refractivity contribution in [2.75, 3.05) is 24.6 Å². The van der Waals surface area contributed by atoms with Crippen molar-refractivity contribution >= 4 is 21.7 Å². The van der Waals surface area contributed by atoms with E-state index in [1.807, 2.05) is 0 Å². The van der Waals surface area contributed by atoms with Gasteiger partial charge >= 0.3 is 5.97 Å². The Morgan fingerprint density at radius 2 is 2.06 bits per heavy atom. The minimum absolute atomic E-state index is 0.0957. The quantitative estimate of drug-likeness (QED) is 0.677. The zero-order chi connectivity index (χ0) is 12.8. The smallest absolute Gasteiger partial charge is 0.311 e. The van der Waals surface area contributed by atoms with Gasteiger partial charge in [-0.2, -0.15) is 0 Å². The molecule has 0 aromatic rings. The van der Waals surface area contributed by atoms with Gasteiger partial charge in [0.05, 0.1) is 16.9 Å². The fourth-order valence-electron chi connectivity index (χ4n) is 2.79. The number of carboxylic acids is 1. The van der Waals surface area contributed by atoms with E-state index in [0.29, 0.717) is 0 Å². The lowest BCUT2D eigenvalue weighted by atomic mass is 9.76. The van der Waals surface area contributed by atoms with Crippen molar-refractivity contribution in [1.29, 1.82) is 0 Å². The molecule has 0 aromatic carbocycles. The van der Waals surface area contributed by atoms with Gasteiger partial charge in [-0.15, -0.1) is 0 Å². The van der Waals surface area contributed by atoms with Crippen LogP contribution in [0.4, 0.5) is 0 Å². The summed E-state index contributed by atoms with van der Waals surface area (Å²) in [6, 6.07) is 0. The van der Waals surface area contributed by atoms with Gasteiger partial charge in [0.1, 0.15) is 0 Å². The van der Waals surface area contributed by atoms with Crippen molar-refractivity contribution in [3.05, 3.63) is 0 Å². The molecule has 1 N–H and O–H groups in total. The van der Waals surface area contributed by atoms with Crippen LogP contribution in [0.5, 0.6) is 0 Å². The first-order valence-corrected chi connectivity index (χ1v) is 7.28.